The number of benzene rings is 1. The number of piperazine rings is 1. The van der Waals surface area contributed by atoms with Crippen LogP contribution in [0.2, 0.25) is 0 Å². The van der Waals surface area contributed by atoms with Gasteiger partial charge in [-0.3, -0.25) is 4.90 Å². The minimum atomic E-state index is 0.340. The topological polar surface area (TPSA) is 15.3 Å². The van der Waals surface area contributed by atoms with Crippen LogP contribution in [-0.2, 0) is 6.54 Å². The quantitative estimate of drug-likeness (QED) is 0.894. The molecule has 0 aliphatic carbocycles. The fourth-order valence-corrected chi connectivity index (χ4v) is 3.37. The van der Waals surface area contributed by atoms with Gasteiger partial charge in [-0.1, -0.05) is 32.0 Å². The smallest absolute Gasteiger partial charge is 0.0332 e. The zero-order valence-electron chi connectivity index (χ0n) is 12.9. The van der Waals surface area contributed by atoms with E-state index in [0.29, 0.717) is 5.54 Å². The number of rotatable bonds is 4. The summed E-state index contributed by atoms with van der Waals surface area (Å²) in [6.07, 6.45) is 2.45. The van der Waals surface area contributed by atoms with Crippen molar-refractivity contribution in [2.45, 2.75) is 52.6 Å². The molecule has 2 heteroatoms. The maximum atomic E-state index is 3.58. The molecule has 1 aliphatic heterocycles. The van der Waals surface area contributed by atoms with E-state index in [1.54, 1.807) is 0 Å². The molecule has 1 aliphatic rings. The van der Waals surface area contributed by atoms with Crippen LogP contribution in [0.1, 0.15) is 43.4 Å². The van der Waals surface area contributed by atoms with Crippen LogP contribution < -0.4 is 5.32 Å². The van der Waals surface area contributed by atoms with Gasteiger partial charge in [-0.15, -0.1) is 0 Å². The highest BCUT2D eigenvalue weighted by molar-refractivity contribution is 5.33. The predicted molar refractivity (Wildman–Crippen MR) is 82.5 cm³/mol. The molecule has 1 heterocycles. The van der Waals surface area contributed by atoms with Gasteiger partial charge in [0.05, 0.1) is 0 Å². The van der Waals surface area contributed by atoms with Gasteiger partial charge in [0, 0.05) is 31.7 Å². The van der Waals surface area contributed by atoms with Crippen molar-refractivity contribution in [2.75, 3.05) is 19.6 Å². The second kappa shape index (κ2) is 6.06. The third-order valence-electron chi connectivity index (χ3n) is 4.99. The van der Waals surface area contributed by atoms with Gasteiger partial charge in [0.2, 0.25) is 0 Å². The first-order chi connectivity index (χ1) is 9.13. The van der Waals surface area contributed by atoms with E-state index in [2.05, 4.69) is 56.1 Å². The third-order valence-corrected chi connectivity index (χ3v) is 4.99. The Morgan fingerprint density at radius 1 is 1.16 bits per heavy atom. The largest absolute Gasteiger partial charge is 0.314 e. The zero-order valence-corrected chi connectivity index (χ0v) is 12.9. The van der Waals surface area contributed by atoms with Gasteiger partial charge >= 0.3 is 0 Å². The van der Waals surface area contributed by atoms with Gasteiger partial charge in [0.1, 0.15) is 0 Å². The molecule has 1 N–H and O–H groups in total. The van der Waals surface area contributed by atoms with Crippen LogP contribution in [0.4, 0.5) is 0 Å². The zero-order chi connectivity index (χ0) is 13.9. The van der Waals surface area contributed by atoms with Crippen LogP contribution >= 0.6 is 0 Å². The molecule has 1 aromatic carbocycles. The molecule has 0 spiro atoms. The summed E-state index contributed by atoms with van der Waals surface area (Å²) in [5, 5.41) is 3.58. The predicted octanol–water partition coefficient (Wildman–Crippen LogP) is 3.27. The summed E-state index contributed by atoms with van der Waals surface area (Å²) in [4.78, 5) is 2.71. The van der Waals surface area contributed by atoms with Gasteiger partial charge in [0.15, 0.2) is 0 Å². The second-order valence-electron chi connectivity index (χ2n) is 5.90. The lowest BCUT2D eigenvalue weighted by Gasteiger charge is -2.47. The molecule has 1 aromatic rings. The highest BCUT2D eigenvalue weighted by Gasteiger charge is 2.35. The molecule has 106 valence electrons. The van der Waals surface area contributed by atoms with Gasteiger partial charge < -0.3 is 5.32 Å². The average Bonchev–Trinajstić information content (AvgIpc) is 2.43. The van der Waals surface area contributed by atoms with Gasteiger partial charge in [-0.25, -0.2) is 0 Å². The molecule has 0 amide bonds. The molecule has 0 saturated carbocycles. The van der Waals surface area contributed by atoms with Crippen molar-refractivity contribution in [3.05, 3.63) is 34.9 Å². The molecule has 2 nitrogen and oxygen atoms in total. The lowest BCUT2D eigenvalue weighted by Crippen LogP contribution is -2.60. The van der Waals surface area contributed by atoms with Crippen LogP contribution in [-0.4, -0.2) is 30.1 Å². The summed E-state index contributed by atoms with van der Waals surface area (Å²) >= 11 is 0. The Bertz CT molecular complexity index is 401. The van der Waals surface area contributed by atoms with E-state index in [9.17, 15) is 0 Å². The summed E-state index contributed by atoms with van der Waals surface area (Å²) in [6, 6.07) is 6.65. The molecule has 2 rings (SSSR count). The van der Waals surface area contributed by atoms with E-state index in [0.717, 1.165) is 26.2 Å². The van der Waals surface area contributed by atoms with E-state index in [4.69, 9.17) is 0 Å². The third kappa shape index (κ3) is 2.85. The van der Waals surface area contributed by atoms with E-state index >= 15 is 0 Å². The summed E-state index contributed by atoms with van der Waals surface area (Å²) in [5.74, 6) is 0. The van der Waals surface area contributed by atoms with E-state index in [1.807, 2.05) is 0 Å². The van der Waals surface area contributed by atoms with Gasteiger partial charge in [-0.05, 0) is 43.4 Å². The Kier molecular flexibility index (Phi) is 4.64. The molecule has 0 radical (unpaired) electrons. The van der Waals surface area contributed by atoms with Crippen molar-refractivity contribution >= 4 is 0 Å². The van der Waals surface area contributed by atoms with Crippen molar-refractivity contribution in [1.29, 1.82) is 0 Å². The Balaban J connectivity index is 2.25. The summed E-state index contributed by atoms with van der Waals surface area (Å²) in [6.45, 7) is 13.6. The van der Waals surface area contributed by atoms with E-state index < -0.39 is 0 Å². The molecule has 0 atom stereocenters. The Hall–Kier alpha value is -0.860. The highest BCUT2D eigenvalue weighted by atomic mass is 15.3. The molecule has 1 fully saturated rings. The van der Waals surface area contributed by atoms with Crippen LogP contribution in [0.25, 0.3) is 0 Å². The van der Waals surface area contributed by atoms with Gasteiger partial charge in [-0.2, -0.15) is 0 Å². The van der Waals surface area contributed by atoms with E-state index in [1.165, 1.54) is 29.5 Å². The summed E-state index contributed by atoms with van der Waals surface area (Å²) < 4.78 is 0. The van der Waals surface area contributed by atoms with Crippen LogP contribution in [0.3, 0.4) is 0 Å². The fraction of sp³-hybridized carbons (Fsp3) is 0.647. The van der Waals surface area contributed by atoms with Crippen molar-refractivity contribution in [3.63, 3.8) is 0 Å². The van der Waals surface area contributed by atoms with Crippen molar-refractivity contribution in [2.24, 2.45) is 0 Å². The first-order valence-corrected chi connectivity index (χ1v) is 7.64. The molecule has 0 unspecified atom stereocenters. The number of nitrogens with one attached hydrogen (secondary N) is 1. The maximum absolute atomic E-state index is 3.58. The van der Waals surface area contributed by atoms with Gasteiger partial charge in [0.25, 0.3) is 0 Å². The standard InChI is InChI=1S/C17H28N2/c1-5-17(6-2)13-18-10-11-19(17)12-16-14(3)8-7-9-15(16)4/h7-9,18H,5-6,10-13H2,1-4H3. The summed E-state index contributed by atoms with van der Waals surface area (Å²) in [7, 11) is 0. The Labute approximate surface area is 118 Å². The van der Waals surface area contributed by atoms with E-state index in [-0.39, 0.29) is 0 Å². The SMILES string of the molecule is CCC1(CC)CNCCN1Cc1c(C)cccc1C. The first-order valence-electron chi connectivity index (χ1n) is 7.64. The Morgan fingerprint density at radius 3 is 2.37 bits per heavy atom. The number of hydrogen-bond acceptors (Lipinski definition) is 2. The fourth-order valence-electron chi connectivity index (χ4n) is 3.37. The van der Waals surface area contributed by atoms with Crippen molar-refractivity contribution in [1.82, 2.24) is 10.2 Å². The molecular weight excluding hydrogens is 232 g/mol. The van der Waals surface area contributed by atoms with Crippen LogP contribution in [0.15, 0.2) is 18.2 Å². The number of hydrogen-bond donors (Lipinski definition) is 1. The monoisotopic (exact) mass is 260 g/mol. The lowest BCUT2D eigenvalue weighted by atomic mass is 9.87. The molecule has 0 aromatic heterocycles. The Morgan fingerprint density at radius 2 is 1.79 bits per heavy atom. The highest BCUT2D eigenvalue weighted by Crippen LogP contribution is 2.28. The minimum Gasteiger partial charge on any atom is -0.314 e. The normalized spacial score (nSPS) is 19.6. The molecule has 0 bridgehead atoms. The molecular formula is C17H28N2. The van der Waals surface area contributed by atoms with Crippen molar-refractivity contribution in [3.8, 4) is 0 Å². The average molecular weight is 260 g/mol. The van der Waals surface area contributed by atoms with Crippen LogP contribution in [0.5, 0.6) is 0 Å². The molecule has 19 heavy (non-hydrogen) atoms. The minimum absolute atomic E-state index is 0.340. The van der Waals surface area contributed by atoms with Crippen LogP contribution in [0, 0.1) is 13.8 Å². The first kappa shape index (κ1) is 14.5. The number of nitrogens with zero attached hydrogens (tertiary/aromatic N) is 1. The summed E-state index contributed by atoms with van der Waals surface area (Å²) in [5.41, 5.74) is 4.72. The number of aryl methyl sites for hydroxylation is 2. The second-order valence-corrected chi connectivity index (χ2v) is 5.90. The van der Waals surface area contributed by atoms with Crippen molar-refractivity contribution < 1.29 is 0 Å². The molecule has 1 saturated heterocycles. The maximum Gasteiger partial charge on any atom is 0.0332 e. The lowest BCUT2D eigenvalue weighted by molar-refractivity contribution is 0.0444.